The second-order valence-corrected chi connectivity index (χ2v) is 11.5. The van der Waals surface area contributed by atoms with E-state index in [-0.39, 0.29) is 17.3 Å². The third kappa shape index (κ3) is 7.22. The first-order valence-electron chi connectivity index (χ1n) is 10.7. The highest BCUT2D eigenvalue weighted by Gasteiger charge is 2.28. The Morgan fingerprint density at radius 3 is 2.49 bits per heavy atom. The number of methoxy groups -OCH3 is 1. The molecular weight excluding hydrogens is 555 g/mol. The number of halogens is 2. The maximum atomic E-state index is 13.7. The van der Waals surface area contributed by atoms with Crippen LogP contribution in [0.1, 0.15) is 11.1 Å². The number of aryl methyl sites for hydroxylation is 1. The van der Waals surface area contributed by atoms with Gasteiger partial charge in [0, 0.05) is 18.1 Å². The maximum Gasteiger partial charge on any atom is 0.264 e. The van der Waals surface area contributed by atoms with E-state index in [9.17, 15) is 17.6 Å². The summed E-state index contributed by atoms with van der Waals surface area (Å²) in [5.41, 5.74) is 1.95. The van der Waals surface area contributed by atoms with Crippen LogP contribution in [0.15, 0.2) is 76.1 Å². The number of benzene rings is 3. The summed E-state index contributed by atoms with van der Waals surface area (Å²) in [4.78, 5) is 12.7. The molecule has 10 heteroatoms. The number of amides is 1. The zero-order valence-corrected chi connectivity index (χ0v) is 22.6. The largest absolute Gasteiger partial charge is 0.496 e. The number of hydrogen-bond donors (Lipinski definition) is 1. The van der Waals surface area contributed by atoms with Crippen molar-refractivity contribution in [3.8, 4) is 5.75 Å². The van der Waals surface area contributed by atoms with E-state index in [1.165, 1.54) is 37.1 Å². The van der Waals surface area contributed by atoms with Gasteiger partial charge in [0.25, 0.3) is 10.0 Å². The molecule has 0 saturated heterocycles. The predicted octanol–water partition coefficient (Wildman–Crippen LogP) is 5.15. The Kier molecular flexibility index (Phi) is 9.59. The molecule has 0 aliphatic rings. The lowest BCUT2D eigenvalue weighted by Crippen LogP contribution is -2.41. The quantitative estimate of drug-likeness (QED) is 0.317. The molecule has 0 aliphatic carbocycles. The highest BCUT2D eigenvalue weighted by molar-refractivity contribution is 9.10. The van der Waals surface area contributed by atoms with Gasteiger partial charge in [0.1, 0.15) is 18.1 Å². The lowest BCUT2D eigenvalue weighted by molar-refractivity contribution is -0.119. The molecule has 0 heterocycles. The van der Waals surface area contributed by atoms with E-state index in [0.717, 1.165) is 9.87 Å². The minimum Gasteiger partial charge on any atom is -0.496 e. The second-order valence-electron chi connectivity index (χ2n) is 7.64. The van der Waals surface area contributed by atoms with Gasteiger partial charge in [-0.1, -0.05) is 35.9 Å². The monoisotopic (exact) mass is 580 g/mol. The Morgan fingerprint density at radius 2 is 1.83 bits per heavy atom. The van der Waals surface area contributed by atoms with Crippen LogP contribution in [0.3, 0.4) is 0 Å². The molecule has 0 aliphatic heterocycles. The van der Waals surface area contributed by atoms with Crippen molar-refractivity contribution in [1.82, 2.24) is 5.32 Å². The van der Waals surface area contributed by atoms with Crippen molar-refractivity contribution < 1.29 is 22.3 Å². The molecule has 0 unspecified atom stereocenters. The van der Waals surface area contributed by atoms with Crippen LogP contribution in [0, 0.1) is 12.7 Å². The van der Waals surface area contributed by atoms with Gasteiger partial charge < -0.3 is 10.1 Å². The lowest BCUT2D eigenvalue weighted by atomic mass is 10.2. The SMILES string of the molecule is COc1ccc(S(=O)(=O)N(CC(=O)NCCSCc2ccccc2F)c2ccc(C)cc2)cc1Br. The lowest BCUT2D eigenvalue weighted by Gasteiger charge is -2.24. The van der Waals surface area contributed by atoms with Gasteiger partial charge in [-0.05, 0) is 64.8 Å². The molecule has 186 valence electrons. The van der Waals surface area contributed by atoms with Gasteiger partial charge in [-0.15, -0.1) is 0 Å². The second kappa shape index (κ2) is 12.4. The molecule has 0 spiro atoms. The number of carbonyl (C=O) groups excluding carboxylic acids is 1. The number of hydrogen-bond acceptors (Lipinski definition) is 5. The van der Waals surface area contributed by atoms with Crippen LogP contribution < -0.4 is 14.4 Å². The van der Waals surface area contributed by atoms with Crippen molar-refractivity contribution in [2.24, 2.45) is 0 Å². The van der Waals surface area contributed by atoms with Crippen molar-refractivity contribution in [1.29, 1.82) is 0 Å². The summed E-state index contributed by atoms with van der Waals surface area (Å²) in [7, 11) is -2.55. The van der Waals surface area contributed by atoms with Crippen LogP contribution in [-0.4, -0.2) is 40.3 Å². The minimum atomic E-state index is -4.05. The fourth-order valence-electron chi connectivity index (χ4n) is 3.21. The fraction of sp³-hybridized carbons (Fsp3) is 0.240. The van der Waals surface area contributed by atoms with Crippen molar-refractivity contribution in [3.05, 3.63) is 88.1 Å². The van der Waals surface area contributed by atoms with Crippen LogP contribution in [0.2, 0.25) is 0 Å². The Hall–Kier alpha value is -2.56. The topological polar surface area (TPSA) is 75.7 Å². The molecule has 0 bridgehead atoms. The van der Waals surface area contributed by atoms with E-state index < -0.39 is 15.9 Å². The molecule has 0 atom stereocenters. The summed E-state index contributed by atoms with van der Waals surface area (Å²) in [6.07, 6.45) is 0. The number of sulfonamides is 1. The van der Waals surface area contributed by atoms with Crippen molar-refractivity contribution in [3.63, 3.8) is 0 Å². The number of nitrogens with zero attached hydrogens (tertiary/aromatic N) is 1. The van der Waals surface area contributed by atoms with Crippen LogP contribution in [-0.2, 0) is 20.6 Å². The average molecular weight is 582 g/mol. The summed E-state index contributed by atoms with van der Waals surface area (Å²) in [5, 5.41) is 2.76. The number of carbonyl (C=O) groups is 1. The third-order valence-corrected chi connectivity index (χ3v) is 8.50. The molecule has 0 radical (unpaired) electrons. The van der Waals surface area contributed by atoms with Gasteiger partial charge in [0.15, 0.2) is 0 Å². The molecule has 3 aromatic carbocycles. The molecule has 3 rings (SSSR count). The standard InChI is InChI=1S/C25H26BrFN2O4S2/c1-18-7-9-20(10-8-18)29(35(31,32)21-11-12-24(33-2)22(26)15-21)16-25(30)28-13-14-34-17-19-5-3-4-6-23(19)27/h3-12,15H,13-14,16-17H2,1-2H3,(H,28,30). The molecule has 1 amide bonds. The van der Waals surface area contributed by atoms with Crippen molar-refractivity contribution in [2.75, 3.05) is 30.3 Å². The van der Waals surface area contributed by atoms with E-state index in [1.807, 2.05) is 6.92 Å². The van der Waals surface area contributed by atoms with Crippen LogP contribution in [0.5, 0.6) is 5.75 Å². The molecule has 0 aromatic heterocycles. The van der Waals surface area contributed by atoms with Gasteiger partial charge in [-0.2, -0.15) is 11.8 Å². The van der Waals surface area contributed by atoms with Crippen LogP contribution >= 0.6 is 27.7 Å². The van der Waals surface area contributed by atoms with Crippen LogP contribution in [0.25, 0.3) is 0 Å². The highest BCUT2D eigenvalue weighted by Crippen LogP contribution is 2.30. The normalized spacial score (nSPS) is 11.2. The minimum absolute atomic E-state index is 0.0268. The number of anilines is 1. The molecule has 0 fully saturated rings. The number of rotatable bonds is 11. The Morgan fingerprint density at radius 1 is 1.11 bits per heavy atom. The van der Waals surface area contributed by atoms with E-state index in [1.54, 1.807) is 48.5 Å². The first-order valence-corrected chi connectivity index (χ1v) is 14.1. The van der Waals surface area contributed by atoms with Gasteiger partial charge >= 0.3 is 0 Å². The maximum absolute atomic E-state index is 13.7. The molecule has 35 heavy (non-hydrogen) atoms. The Bertz CT molecular complexity index is 1270. The van der Waals surface area contributed by atoms with Crippen molar-refractivity contribution in [2.45, 2.75) is 17.6 Å². The fourth-order valence-corrected chi connectivity index (χ4v) is 6.19. The smallest absolute Gasteiger partial charge is 0.264 e. The van der Waals surface area contributed by atoms with E-state index >= 15 is 0 Å². The predicted molar refractivity (Wildman–Crippen MR) is 142 cm³/mol. The molecule has 6 nitrogen and oxygen atoms in total. The Balaban J connectivity index is 1.69. The first kappa shape index (κ1) is 27.0. The molecule has 1 N–H and O–H groups in total. The first-order chi connectivity index (χ1) is 16.7. The number of thioether (sulfide) groups is 1. The van der Waals surface area contributed by atoms with Crippen molar-refractivity contribution >= 4 is 49.3 Å². The summed E-state index contributed by atoms with van der Waals surface area (Å²) in [6, 6.07) is 17.9. The summed E-state index contributed by atoms with van der Waals surface area (Å²) < 4.78 is 47.5. The molecule has 0 saturated carbocycles. The summed E-state index contributed by atoms with van der Waals surface area (Å²) >= 11 is 4.81. The Labute approximate surface area is 218 Å². The molecular formula is C25H26BrFN2O4S2. The summed E-state index contributed by atoms with van der Waals surface area (Å²) in [5.74, 6) is 0.847. The zero-order valence-electron chi connectivity index (χ0n) is 19.3. The zero-order chi connectivity index (χ0) is 25.4. The van der Waals surface area contributed by atoms with E-state index in [2.05, 4.69) is 21.2 Å². The van der Waals surface area contributed by atoms with Gasteiger partial charge in [0.05, 0.1) is 22.2 Å². The third-order valence-electron chi connectivity index (χ3n) is 5.10. The van der Waals surface area contributed by atoms with E-state index in [0.29, 0.717) is 39.5 Å². The van der Waals surface area contributed by atoms with E-state index in [4.69, 9.17) is 4.74 Å². The van der Waals surface area contributed by atoms with Gasteiger partial charge in [-0.3, -0.25) is 9.10 Å². The molecule has 3 aromatic rings. The van der Waals surface area contributed by atoms with Gasteiger partial charge in [0.2, 0.25) is 5.91 Å². The number of ether oxygens (including phenoxy) is 1. The number of nitrogens with one attached hydrogen (secondary N) is 1. The average Bonchev–Trinajstić information content (AvgIpc) is 2.84. The van der Waals surface area contributed by atoms with Gasteiger partial charge in [-0.25, -0.2) is 12.8 Å². The summed E-state index contributed by atoms with van der Waals surface area (Å²) in [6.45, 7) is 1.84. The highest BCUT2D eigenvalue weighted by atomic mass is 79.9. The van der Waals surface area contributed by atoms with Crippen LogP contribution in [0.4, 0.5) is 10.1 Å².